The summed E-state index contributed by atoms with van der Waals surface area (Å²) in [6.45, 7) is 0. The third-order valence-electron chi connectivity index (χ3n) is 3.44. The lowest BCUT2D eigenvalue weighted by Crippen LogP contribution is -2.04. The van der Waals surface area contributed by atoms with Gasteiger partial charge in [-0.3, -0.25) is 4.79 Å². The lowest BCUT2D eigenvalue weighted by Gasteiger charge is -2.04. The minimum atomic E-state index is 0.0905. The van der Waals surface area contributed by atoms with Crippen molar-refractivity contribution in [3.8, 4) is 5.88 Å². The van der Waals surface area contributed by atoms with Gasteiger partial charge in [-0.15, -0.1) is 0 Å². The molecule has 2 aromatic carbocycles. The maximum absolute atomic E-state index is 12.4. The number of Topliss-reactive ketones (excluding diaryl/α,β-unsaturated/α-hetero) is 1. The van der Waals surface area contributed by atoms with Gasteiger partial charge in [0.05, 0.1) is 7.11 Å². The Morgan fingerprint density at radius 3 is 2.57 bits per heavy atom. The molecule has 3 rings (SSSR count). The Morgan fingerprint density at radius 1 is 1.05 bits per heavy atom. The van der Waals surface area contributed by atoms with E-state index in [9.17, 15) is 4.79 Å². The number of hydrogen-bond donors (Lipinski definition) is 0. The van der Waals surface area contributed by atoms with Crippen LogP contribution in [-0.2, 0) is 6.42 Å². The third kappa shape index (κ3) is 2.92. The molecule has 3 aromatic rings. The molecule has 1 heterocycles. The first-order valence-corrected chi connectivity index (χ1v) is 6.77. The summed E-state index contributed by atoms with van der Waals surface area (Å²) < 4.78 is 5.01. The molecule has 3 heteroatoms. The maximum atomic E-state index is 12.4. The molecule has 0 bridgehead atoms. The number of pyridine rings is 1. The van der Waals surface area contributed by atoms with Crippen LogP contribution in [0.25, 0.3) is 10.8 Å². The Hall–Kier alpha value is -2.68. The lowest BCUT2D eigenvalue weighted by atomic mass is 10.0. The van der Waals surface area contributed by atoms with Crippen LogP contribution in [0.4, 0.5) is 0 Å². The molecule has 1 aromatic heterocycles. The van der Waals surface area contributed by atoms with E-state index in [2.05, 4.69) is 4.98 Å². The zero-order valence-corrected chi connectivity index (χ0v) is 11.7. The fourth-order valence-electron chi connectivity index (χ4n) is 2.29. The molecular formula is C18H15NO2. The van der Waals surface area contributed by atoms with Crippen molar-refractivity contribution in [2.24, 2.45) is 0 Å². The first-order valence-electron chi connectivity index (χ1n) is 6.77. The Bertz CT molecular complexity index is 779. The number of benzene rings is 2. The van der Waals surface area contributed by atoms with Gasteiger partial charge in [0.15, 0.2) is 5.78 Å². The Balaban J connectivity index is 1.82. The van der Waals surface area contributed by atoms with Gasteiger partial charge >= 0.3 is 0 Å². The van der Waals surface area contributed by atoms with Crippen LogP contribution in [-0.4, -0.2) is 17.9 Å². The summed E-state index contributed by atoms with van der Waals surface area (Å²) in [6.07, 6.45) is 2.02. The Kier molecular flexibility index (Phi) is 3.65. The standard InChI is InChI=1S/C18H15NO2/c1-21-18-9-6-13(12-19-18)10-17(20)16-8-7-14-4-2-3-5-15(14)11-16/h2-9,11-12H,10H2,1H3. The fourth-order valence-corrected chi connectivity index (χ4v) is 2.29. The summed E-state index contributed by atoms with van der Waals surface area (Å²) in [6, 6.07) is 17.5. The summed E-state index contributed by atoms with van der Waals surface area (Å²) in [5.74, 6) is 0.643. The summed E-state index contributed by atoms with van der Waals surface area (Å²) in [5, 5.41) is 2.22. The van der Waals surface area contributed by atoms with Gasteiger partial charge < -0.3 is 4.74 Å². The molecule has 0 saturated carbocycles. The topological polar surface area (TPSA) is 39.2 Å². The smallest absolute Gasteiger partial charge is 0.212 e. The monoisotopic (exact) mass is 277 g/mol. The normalized spacial score (nSPS) is 10.5. The van der Waals surface area contributed by atoms with Gasteiger partial charge in [0, 0.05) is 24.2 Å². The number of methoxy groups -OCH3 is 1. The van der Waals surface area contributed by atoms with E-state index in [-0.39, 0.29) is 5.78 Å². The molecule has 0 fully saturated rings. The molecule has 0 saturated heterocycles. The molecule has 0 amide bonds. The number of fused-ring (bicyclic) bond motifs is 1. The largest absolute Gasteiger partial charge is 0.481 e. The van der Waals surface area contributed by atoms with Crippen molar-refractivity contribution in [2.75, 3.05) is 7.11 Å². The zero-order chi connectivity index (χ0) is 14.7. The molecule has 0 N–H and O–H groups in total. The van der Waals surface area contributed by atoms with Gasteiger partial charge in [0.25, 0.3) is 0 Å². The molecule has 0 aliphatic heterocycles. The van der Waals surface area contributed by atoms with E-state index in [1.807, 2.05) is 48.5 Å². The van der Waals surface area contributed by atoms with E-state index in [1.165, 1.54) is 0 Å². The van der Waals surface area contributed by atoms with Crippen LogP contribution in [0.2, 0.25) is 0 Å². The minimum Gasteiger partial charge on any atom is -0.481 e. The van der Waals surface area contributed by atoms with Crippen molar-refractivity contribution in [2.45, 2.75) is 6.42 Å². The highest BCUT2D eigenvalue weighted by molar-refractivity contribution is 6.00. The van der Waals surface area contributed by atoms with Gasteiger partial charge in [-0.05, 0) is 22.4 Å². The fraction of sp³-hybridized carbons (Fsp3) is 0.111. The van der Waals surface area contributed by atoms with Gasteiger partial charge in [0.1, 0.15) is 0 Å². The van der Waals surface area contributed by atoms with Gasteiger partial charge in [-0.1, -0.05) is 42.5 Å². The Labute approximate surface area is 123 Å². The molecule has 0 aliphatic rings. The number of hydrogen-bond acceptors (Lipinski definition) is 3. The van der Waals surface area contributed by atoms with Crippen LogP contribution in [0, 0.1) is 0 Å². The Morgan fingerprint density at radius 2 is 1.86 bits per heavy atom. The van der Waals surface area contributed by atoms with Crippen LogP contribution in [0.3, 0.4) is 0 Å². The van der Waals surface area contributed by atoms with Crippen molar-refractivity contribution in [3.63, 3.8) is 0 Å². The number of aromatic nitrogens is 1. The average Bonchev–Trinajstić information content (AvgIpc) is 2.55. The molecule has 0 unspecified atom stereocenters. The van der Waals surface area contributed by atoms with Crippen LogP contribution >= 0.6 is 0 Å². The number of rotatable bonds is 4. The zero-order valence-electron chi connectivity index (χ0n) is 11.7. The first kappa shape index (κ1) is 13.3. The molecule has 3 nitrogen and oxygen atoms in total. The van der Waals surface area contributed by atoms with Gasteiger partial charge in [-0.2, -0.15) is 0 Å². The highest BCUT2D eigenvalue weighted by Crippen LogP contribution is 2.17. The number of nitrogens with zero attached hydrogens (tertiary/aromatic N) is 1. The van der Waals surface area contributed by atoms with Crippen molar-refractivity contribution in [3.05, 3.63) is 71.9 Å². The average molecular weight is 277 g/mol. The quantitative estimate of drug-likeness (QED) is 0.683. The SMILES string of the molecule is COc1ccc(CC(=O)c2ccc3ccccc3c2)cn1. The summed E-state index contributed by atoms with van der Waals surface area (Å²) in [5.41, 5.74) is 1.61. The van der Waals surface area contributed by atoms with E-state index in [0.717, 1.165) is 21.9 Å². The van der Waals surface area contributed by atoms with Crippen molar-refractivity contribution in [1.29, 1.82) is 0 Å². The predicted octanol–water partition coefficient (Wildman–Crippen LogP) is 3.67. The highest BCUT2D eigenvalue weighted by Gasteiger charge is 2.08. The molecule has 0 radical (unpaired) electrons. The number of ketones is 1. The second kappa shape index (κ2) is 5.75. The minimum absolute atomic E-state index is 0.0905. The van der Waals surface area contributed by atoms with E-state index >= 15 is 0 Å². The predicted molar refractivity (Wildman–Crippen MR) is 82.8 cm³/mol. The van der Waals surface area contributed by atoms with Crippen LogP contribution < -0.4 is 4.74 Å². The molecule has 0 spiro atoms. The summed E-state index contributed by atoms with van der Waals surface area (Å²) in [4.78, 5) is 16.5. The third-order valence-corrected chi connectivity index (χ3v) is 3.44. The van der Waals surface area contributed by atoms with E-state index in [4.69, 9.17) is 4.74 Å². The van der Waals surface area contributed by atoms with Crippen LogP contribution in [0.5, 0.6) is 5.88 Å². The second-order valence-corrected chi connectivity index (χ2v) is 4.87. The van der Waals surface area contributed by atoms with Crippen molar-refractivity contribution < 1.29 is 9.53 Å². The first-order chi connectivity index (χ1) is 10.3. The number of carbonyl (C=O) groups is 1. The van der Waals surface area contributed by atoms with E-state index < -0.39 is 0 Å². The number of carbonyl (C=O) groups excluding carboxylic acids is 1. The molecule has 104 valence electrons. The van der Waals surface area contributed by atoms with E-state index in [0.29, 0.717) is 12.3 Å². The van der Waals surface area contributed by atoms with Crippen molar-refractivity contribution in [1.82, 2.24) is 4.98 Å². The summed E-state index contributed by atoms with van der Waals surface area (Å²) in [7, 11) is 1.57. The lowest BCUT2D eigenvalue weighted by molar-refractivity contribution is 0.0993. The number of ether oxygens (including phenoxy) is 1. The highest BCUT2D eigenvalue weighted by atomic mass is 16.5. The molecule has 0 aliphatic carbocycles. The second-order valence-electron chi connectivity index (χ2n) is 4.87. The van der Waals surface area contributed by atoms with E-state index in [1.54, 1.807) is 19.4 Å². The molecule has 21 heavy (non-hydrogen) atoms. The van der Waals surface area contributed by atoms with Gasteiger partial charge in [-0.25, -0.2) is 4.98 Å². The molecular weight excluding hydrogens is 262 g/mol. The summed E-state index contributed by atoms with van der Waals surface area (Å²) >= 11 is 0. The molecule has 0 atom stereocenters. The van der Waals surface area contributed by atoms with Crippen LogP contribution in [0.1, 0.15) is 15.9 Å². The van der Waals surface area contributed by atoms with Crippen molar-refractivity contribution >= 4 is 16.6 Å². The van der Waals surface area contributed by atoms with Crippen LogP contribution in [0.15, 0.2) is 60.8 Å². The van der Waals surface area contributed by atoms with Gasteiger partial charge in [0.2, 0.25) is 5.88 Å². The maximum Gasteiger partial charge on any atom is 0.212 e.